The molecule has 0 saturated heterocycles. The van der Waals surface area contributed by atoms with Gasteiger partial charge in [0.1, 0.15) is 17.4 Å². The van der Waals surface area contributed by atoms with Crippen molar-refractivity contribution in [2.24, 2.45) is 7.05 Å². The molecule has 2 heterocycles. The lowest BCUT2D eigenvalue weighted by atomic mass is 10.2. The van der Waals surface area contributed by atoms with Gasteiger partial charge < -0.3 is 9.30 Å². The van der Waals surface area contributed by atoms with Crippen molar-refractivity contribution in [3.05, 3.63) is 76.6 Å². The van der Waals surface area contributed by atoms with Gasteiger partial charge in [-0.05, 0) is 31.5 Å². The molecule has 2 aromatic heterocycles. The van der Waals surface area contributed by atoms with Crippen molar-refractivity contribution >= 4 is 23.1 Å². The fraction of sp³-hybridized carbons (Fsp3) is 0.227. The largest absolute Gasteiger partial charge is 0.486 e. The van der Waals surface area contributed by atoms with Crippen LogP contribution in [0.25, 0.3) is 10.6 Å². The molecule has 2 aromatic carbocycles. The molecule has 29 heavy (non-hydrogen) atoms. The summed E-state index contributed by atoms with van der Waals surface area (Å²) < 4.78 is 7.83. The van der Waals surface area contributed by atoms with E-state index in [2.05, 4.69) is 46.8 Å². The molecule has 0 fully saturated rings. The number of nitrogens with zero attached hydrogens (tertiary/aromatic N) is 4. The second-order valence-corrected chi connectivity index (χ2v) is 8.66. The Bertz CT molecular complexity index is 1100. The lowest BCUT2D eigenvalue weighted by molar-refractivity contribution is 0.290. The van der Waals surface area contributed by atoms with Gasteiger partial charge in [0.25, 0.3) is 0 Å². The molecule has 0 radical (unpaired) electrons. The van der Waals surface area contributed by atoms with Crippen molar-refractivity contribution in [3.63, 3.8) is 0 Å². The summed E-state index contributed by atoms with van der Waals surface area (Å²) in [5, 5.41) is 12.6. The van der Waals surface area contributed by atoms with Crippen LogP contribution >= 0.6 is 23.1 Å². The summed E-state index contributed by atoms with van der Waals surface area (Å²) in [6, 6.07) is 16.5. The van der Waals surface area contributed by atoms with Crippen molar-refractivity contribution in [2.75, 3.05) is 0 Å². The summed E-state index contributed by atoms with van der Waals surface area (Å²) >= 11 is 3.31. The molecule has 0 unspecified atom stereocenters. The van der Waals surface area contributed by atoms with Crippen LogP contribution in [0.5, 0.6) is 5.75 Å². The van der Waals surface area contributed by atoms with Crippen LogP contribution in [-0.4, -0.2) is 19.7 Å². The molecule has 4 rings (SSSR count). The molecule has 7 heteroatoms. The van der Waals surface area contributed by atoms with Gasteiger partial charge in [-0.15, -0.1) is 21.5 Å². The molecule has 0 spiro atoms. The summed E-state index contributed by atoms with van der Waals surface area (Å²) in [7, 11) is 1.97. The summed E-state index contributed by atoms with van der Waals surface area (Å²) in [4.78, 5) is 4.76. The first-order chi connectivity index (χ1) is 14.1. The van der Waals surface area contributed by atoms with Gasteiger partial charge in [-0.2, -0.15) is 0 Å². The minimum absolute atomic E-state index is 0.391. The predicted octanol–water partition coefficient (Wildman–Crippen LogP) is 5.43. The minimum Gasteiger partial charge on any atom is -0.486 e. The van der Waals surface area contributed by atoms with E-state index in [-0.39, 0.29) is 0 Å². The Morgan fingerprint density at radius 1 is 1.03 bits per heavy atom. The lowest BCUT2D eigenvalue weighted by Crippen LogP contribution is -2.04. The highest BCUT2D eigenvalue weighted by Crippen LogP contribution is 2.27. The number of aryl methyl sites for hydroxylation is 2. The molecule has 0 atom stereocenters. The maximum absolute atomic E-state index is 5.85. The van der Waals surface area contributed by atoms with Crippen molar-refractivity contribution in [1.29, 1.82) is 0 Å². The smallest absolute Gasteiger partial charge is 0.191 e. The standard InChI is InChI=1S/C22H22N4OS2/c1-15-7-9-17(10-8-15)21-23-18(13-28-21)14-29-22-25-24-20(26(22)3)12-27-19-6-4-5-16(2)11-19/h4-11,13H,12,14H2,1-3H3. The van der Waals surface area contributed by atoms with E-state index in [1.54, 1.807) is 23.1 Å². The highest BCUT2D eigenvalue weighted by Gasteiger charge is 2.12. The number of ether oxygens (including phenoxy) is 1. The first-order valence-electron chi connectivity index (χ1n) is 9.30. The molecule has 148 valence electrons. The van der Waals surface area contributed by atoms with E-state index in [9.17, 15) is 0 Å². The van der Waals surface area contributed by atoms with Gasteiger partial charge in [-0.25, -0.2) is 4.98 Å². The Hall–Kier alpha value is -2.64. The van der Waals surface area contributed by atoms with Crippen LogP contribution in [0.2, 0.25) is 0 Å². The second-order valence-electron chi connectivity index (χ2n) is 6.86. The van der Waals surface area contributed by atoms with Crippen LogP contribution in [0, 0.1) is 13.8 Å². The van der Waals surface area contributed by atoms with E-state index in [4.69, 9.17) is 9.72 Å². The fourth-order valence-corrected chi connectivity index (χ4v) is 4.54. The van der Waals surface area contributed by atoms with Gasteiger partial charge in [0, 0.05) is 23.7 Å². The van der Waals surface area contributed by atoms with Gasteiger partial charge in [0.05, 0.1) is 5.69 Å². The lowest BCUT2D eigenvalue weighted by Gasteiger charge is -2.07. The van der Waals surface area contributed by atoms with Crippen LogP contribution in [0.1, 0.15) is 22.6 Å². The number of hydrogen-bond acceptors (Lipinski definition) is 6. The van der Waals surface area contributed by atoms with E-state index >= 15 is 0 Å². The van der Waals surface area contributed by atoms with Gasteiger partial charge in [-0.3, -0.25) is 0 Å². The molecule has 0 saturated carbocycles. The zero-order valence-corrected chi connectivity index (χ0v) is 18.3. The molecule has 0 aliphatic heterocycles. The average Bonchev–Trinajstić information content (AvgIpc) is 3.32. The van der Waals surface area contributed by atoms with Crippen LogP contribution < -0.4 is 4.74 Å². The number of aromatic nitrogens is 4. The van der Waals surface area contributed by atoms with Crippen LogP contribution in [-0.2, 0) is 19.4 Å². The first-order valence-corrected chi connectivity index (χ1v) is 11.2. The van der Waals surface area contributed by atoms with E-state index < -0.39 is 0 Å². The van der Waals surface area contributed by atoms with Crippen molar-refractivity contribution in [1.82, 2.24) is 19.7 Å². The molecule has 5 nitrogen and oxygen atoms in total. The maximum Gasteiger partial charge on any atom is 0.191 e. The minimum atomic E-state index is 0.391. The van der Waals surface area contributed by atoms with Crippen LogP contribution in [0.15, 0.2) is 59.1 Å². The highest BCUT2D eigenvalue weighted by molar-refractivity contribution is 7.98. The van der Waals surface area contributed by atoms with Crippen LogP contribution in [0.3, 0.4) is 0 Å². The molecule has 0 N–H and O–H groups in total. The molecule has 0 amide bonds. The Labute approximate surface area is 178 Å². The number of thioether (sulfide) groups is 1. The van der Waals surface area contributed by atoms with E-state index in [1.165, 1.54) is 11.1 Å². The third-order valence-electron chi connectivity index (χ3n) is 4.48. The zero-order chi connectivity index (χ0) is 20.2. The predicted molar refractivity (Wildman–Crippen MR) is 118 cm³/mol. The topological polar surface area (TPSA) is 52.8 Å². The van der Waals surface area contributed by atoms with Gasteiger partial charge in [-0.1, -0.05) is 53.7 Å². The van der Waals surface area contributed by atoms with Crippen molar-refractivity contribution in [2.45, 2.75) is 31.4 Å². The van der Waals surface area contributed by atoms with E-state index in [0.29, 0.717) is 6.61 Å². The Morgan fingerprint density at radius 3 is 2.66 bits per heavy atom. The van der Waals surface area contributed by atoms with Gasteiger partial charge in [0.2, 0.25) is 0 Å². The SMILES string of the molecule is Cc1ccc(-c2nc(CSc3nnc(COc4cccc(C)c4)n3C)cs2)cc1. The van der Waals surface area contributed by atoms with Gasteiger partial charge >= 0.3 is 0 Å². The summed E-state index contributed by atoms with van der Waals surface area (Å²) in [5.41, 5.74) is 4.64. The third kappa shape index (κ3) is 4.86. The number of hydrogen-bond donors (Lipinski definition) is 0. The number of thiazole rings is 1. The third-order valence-corrected chi connectivity index (χ3v) is 6.48. The van der Waals surface area contributed by atoms with Crippen molar-refractivity contribution in [3.8, 4) is 16.3 Å². The monoisotopic (exact) mass is 422 g/mol. The Morgan fingerprint density at radius 2 is 1.86 bits per heavy atom. The first kappa shape index (κ1) is 19.7. The molecular weight excluding hydrogens is 400 g/mol. The average molecular weight is 423 g/mol. The summed E-state index contributed by atoms with van der Waals surface area (Å²) in [6.45, 7) is 4.53. The molecular formula is C22H22N4OS2. The summed E-state index contributed by atoms with van der Waals surface area (Å²) in [5.74, 6) is 2.40. The quantitative estimate of drug-likeness (QED) is 0.372. The van der Waals surface area contributed by atoms with Crippen LogP contribution in [0.4, 0.5) is 0 Å². The fourth-order valence-electron chi connectivity index (χ4n) is 2.79. The Balaban J connectivity index is 1.36. The van der Waals surface area contributed by atoms with E-state index in [0.717, 1.165) is 38.7 Å². The highest BCUT2D eigenvalue weighted by atomic mass is 32.2. The number of rotatable bonds is 7. The molecule has 4 aromatic rings. The Kier molecular flexibility index (Phi) is 5.97. The summed E-state index contributed by atoms with van der Waals surface area (Å²) in [6.07, 6.45) is 0. The maximum atomic E-state index is 5.85. The molecule has 0 aliphatic carbocycles. The molecule has 0 bridgehead atoms. The van der Waals surface area contributed by atoms with Gasteiger partial charge in [0.15, 0.2) is 11.0 Å². The normalized spacial score (nSPS) is 11.0. The van der Waals surface area contributed by atoms with Crippen molar-refractivity contribution < 1.29 is 4.74 Å². The van der Waals surface area contributed by atoms with E-state index in [1.807, 2.05) is 42.8 Å². The second kappa shape index (κ2) is 8.80. The number of benzene rings is 2. The zero-order valence-electron chi connectivity index (χ0n) is 16.6. The molecule has 0 aliphatic rings.